The van der Waals surface area contributed by atoms with E-state index < -0.39 is 30.1 Å². The van der Waals surface area contributed by atoms with Crippen molar-refractivity contribution in [2.45, 2.75) is 25.6 Å². The molecule has 22 heavy (non-hydrogen) atoms. The molecule has 2 aromatic rings. The highest BCUT2D eigenvalue weighted by atomic mass is 19.4. The van der Waals surface area contributed by atoms with Gasteiger partial charge in [-0.1, -0.05) is 6.07 Å². The smallest absolute Gasteiger partial charge is 0.396 e. The lowest BCUT2D eigenvalue weighted by molar-refractivity contribution is -0.142. The predicted octanol–water partition coefficient (Wildman–Crippen LogP) is 2.96. The van der Waals surface area contributed by atoms with Crippen LogP contribution in [0.2, 0.25) is 0 Å². The van der Waals surface area contributed by atoms with E-state index in [0.717, 1.165) is 16.8 Å². The summed E-state index contributed by atoms with van der Waals surface area (Å²) < 4.78 is 65.3. The molecule has 0 radical (unpaired) electrons. The molecule has 2 rings (SSSR count). The summed E-state index contributed by atoms with van der Waals surface area (Å²) in [5.41, 5.74) is -0.682. The molecule has 0 aliphatic carbocycles. The largest absolute Gasteiger partial charge is 0.435 e. The minimum Gasteiger partial charge on any atom is -0.396 e. The maximum absolute atomic E-state index is 13.1. The fourth-order valence-corrected chi connectivity index (χ4v) is 2.06. The van der Waals surface area contributed by atoms with Gasteiger partial charge in [-0.05, 0) is 30.5 Å². The summed E-state index contributed by atoms with van der Waals surface area (Å²) in [6.07, 6.45) is -3.34. The molecular formula is C14H13F5N2O. The highest BCUT2D eigenvalue weighted by Crippen LogP contribution is 2.30. The molecule has 3 nitrogen and oxygen atoms in total. The first-order chi connectivity index (χ1) is 10.3. The van der Waals surface area contributed by atoms with Gasteiger partial charge in [0.25, 0.3) is 0 Å². The van der Waals surface area contributed by atoms with Crippen molar-refractivity contribution >= 4 is 0 Å². The van der Waals surface area contributed by atoms with Gasteiger partial charge in [-0.2, -0.15) is 18.3 Å². The fourth-order valence-electron chi connectivity index (χ4n) is 2.06. The van der Waals surface area contributed by atoms with Crippen molar-refractivity contribution in [1.29, 1.82) is 0 Å². The summed E-state index contributed by atoms with van der Waals surface area (Å²) >= 11 is 0. The number of aryl methyl sites for hydroxylation is 2. The Kier molecular flexibility index (Phi) is 4.80. The molecule has 0 fully saturated rings. The van der Waals surface area contributed by atoms with E-state index >= 15 is 0 Å². The number of rotatable bonds is 5. The molecule has 1 heterocycles. The zero-order valence-corrected chi connectivity index (χ0v) is 11.4. The second-order valence-corrected chi connectivity index (χ2v) is 4.74. The molecule has 1 aromatic carbocycles. The molecule has 120 valence electrons. The van der Waals surface area contributed by atoms with Crippen molar-refractivity contribution in [3.8, 4) is 0 Å². The van der Waals surface area contributed by atoms with Crippen LogP contribution in [0.5, 0.6) is 0 Å². The summed E-state index contributed by atoms with van der Waals surface area (Å²) in [5.74, 6) is -1.98. The van der Waals surface area contributed by atoms with Gasteiger partial charge >= 0.3 is 6.18 Å². The molecule has 0 aliphatic rings. The monoisotopic (exact) mass is 320 g/mol. The molecule has 0 spiro atoms. The van der Waals surface area contributed by atoms with Gasteiger partial charge < -0.3 is 5.11 Å². The van der Waals surface area contributed by atoms with E-state index in [1.165, 1.54) is 12.3 Å². The first-order valence-electron chi connectivity index (χ1n) is 6.49. The van der Waals surface area contributed by atoms with Crippen molar-refractivity contribution in [3.63, 3.8) is 0 Å². The number of nitrogens with zero attached hydrogens (tertiary/aromatic N) is 2. The first kappa shape index (κ1) is 16.4. The third-order valence-electron chi connectivity index (χ3n) is 3.10. The molecule has 0 bridgehead atoms. The number of hydrogen-bond donors (Lipinski definition) is 1. The fraction of sp³-hybridized carbons (Fsp3) is 0.357. The quantitative estimate of drug-likeness (QED) is 0.860. The molecule has 0 aliphatic heterocycles. The Morgan fingerprint density at radius 3 is 2.41 bits per heavy atom. The molecule has 0 amide bonds. The standard InChI is InChI=1S/C14H13F5N2O/c15-11-2-1-9(7-12(11)16)3-5-21-8-10(4-6-22)13(20-21)14(17,18)19/h1-2,7-8,22H,3-6H2. The van der Waals surface area contributed by atoms with Crippen LogP contribution in [0.15, 0.2) is 24.4 Å². The van der Waals surface area contributed by atoms with E-state index in [-0.39, 0.29) is 24.9 Å². The maximum atomic E-state index is 13.1. The lowest BCUT2D eigenvalue weighted by Gasteiger charge is -2.05. The Morgan fingerprint density at radius 1 is 1.09 bits per heavy atom. The van der Waals surface area contributed by atoms with Gasteiger partial charge in [0, 0.05) is 24.9 Å². The number of alkyl halides is 3. The molecule has 0 atom stereocenters. The Morgan fingerprint density at radius 2 is 1.82 bits per heavy atom. The van der Waals surface area contributed by atoms with Crippen LogP contribution in [-0.4, -0.2) is 21.5 Å². The highest BCUT2D eigenvalue weighted by molar-refractivity contribution is 5.21. The molecule has 0 unspecified atom stereocenters. The van der Waals surface area contributed by atoms with Gasteiger partial charge in [-0.25, -0.2) is 8.78 Å². The zero-order chi connectivity index (χ0) is 16.3. The van der Waals surface area contributed by atoms with Crippen molar-refractivity contribution in [3.05, 3.63) is 52.9 Å². The van der Waals surface area contributed by atoms with E-state index in [4.69, 9.17) is 5.11 Å². The third kappa shape index (κ3) is 3.82. The Labute approximate surface area is 123 Å². The Hall–Kier alpha value is -1.96. The van der Waals surface area contributed by atoms with Gasteiger partial charge in [0.05, 0.1) is 0 Å². The van der Waals surface area contributed by atoms with Crippen LogP contribution in [-0.2, 0) is 25.6 Å². The average molecular weight is 320 g/mol. The number of benzene rings is 1. The second kappa shape index (κ2) is 6.43. The van der Waals surface area contributed by atoms with Crippen molar-refractivity contribution in [2.75, 3.05) is 6.61 Å². The lowest BCUT2D eigenvalue weighted by Crippen LogP contribution is -2.11. The Bertz CT molecular complexity index is 651. The van der Waals surface area contributed by atoms with E-state index in [2.05, 4.69) is 5.10 Å². The maximum Gasteiger partial charge on any atom is 0.435 e. The number of aromatic nitrogens is 2. The number of aliphatic hydroxyl groups excluding tert-OH is 1. The summed E-state index contributed by atoms with van der Waals surface area (Å²) in [7, 11) is 0. The minimum absolute atomic E-state index is 0.0829. The van der Waals surface area contributed by atoms with Crippen LogP contribution in [0.3, 0.4) is 0 Å². The molecule has 1 aromatic heterocycles. The van der Waals surface area contributed by atoms with E-state index in [0.29, 0.717) is 5.56 Å². The van der Waals surface area contributed by atoms with Crippen LogP contribution < -0.4 is 0 Å². The normalized spacial score (nSPS) is 11.9. The van der Waals surface area contributed by atoms with Gasteiger partial charge in [0.15, 0.2) is 17.3 Å². The van der Waals surface area contributed by atoms with Gasteiger partial charge in [-0.15, -0.1) is 0 Å². The number of hydrogen-bond acceptors (Lipinski definition) is 2. The van der Waals surface area contributed by atoms with Crippen LogP contribution in [0.1, 0.15) is 16.8 Å². The number of halogens is 5. The summed E-state index contributed by atoms with van der Waals surface area (Å²) in [6.45, 7) is -0.336. The van der Waals surface area contributed by atoms with Crippen molar-refractivity contribution < 1.29 is 27.1 Å². The number of aliphatic hydroxyl groups is 1. The predicted molar refractivity (Wildman–Crippen MR) is 68.1 cm³/mol. The summed E-state index contributed by atoms with van der Waals surface area (Å²) in [6, 6.07) is 3.32. The summed E-state index contributed by atoms with van der Waals surface area (Å²) in [4.78, 5) is 0. The third-order valence-corrected chi connectivity index (χ3v) is 3.10. The van der Waals surface area contributed by atoms with Gasteiger partial charge in [0.1, 0.15) is 0 Å². The topological polar surface area (TPSA) is 38.0 Å². The molecule has 1 N–H and O–H groups in total. The molecule has 0 saturated carbocycles. The summed E-state index contributed by atoms with van der Waals surface area (Å²) in [5, 5.41) is 12.3. The Balaban J connectivity index is 2.14. The highest BCUT2D eigenvalue weighted by Gasteiger charge is 2.36. The van der Waals surface area contributed by atoms with Crippen molar-refractivity contribution in [2.24, 2.45) is 0 Å². The zero-order valence-electron chi connectivity index (χ0n) is 11.4. The van der Waals surface area contributed by atoms with Gasteiger partial charge in [-0.3, -0.25) is 4.68 Å². The molecular weight excluding hydrogens is 307 g/mol. The second-order valence-electron chi connectivity index (χ2n) is 4.74. The first-order valence-corrected chi connectivity index (χ1v) is 6.49. The average Bonchev–Trinajstić information content (AvgIpc) is 2.84. The lowest BCUT2D eigenvalue weighted by atomic mass is 10.1. The SMILES string of the molecule is OCCc1cn(CCc2ccc(F)c(F)c2)nc1C(F)(F)F. The van der Waals surface area contributed by atoms with Crippen molar-refractivity contribution in [1.82, 2.24) is 9.78 Å². The van der Waals surface area contributed by atoms with E-state index in [1.807, 2.05) is 0 Å². The molecule has 0 saturated heterocycles. The van der Waals surface area contributed by atoms with Crippen LogP contribution in [0, 0.1) is 11.6 Å². The van der Waals surface area contributed by atoms with E-state index in [9.17, 15) is 22.0 Å². The van der Waals surface area contributed by atoms with Crippen LogP contribution >= 0.6 is 0 Å². The van der Waals surface area contributed by atoms with Crippen LogP contribution in [0.4, 0.5) is 22.0 Å². The molecule has 8 heteroatoms. The van der Waals surface area contributed by atoms with Crippen LogP contribution in [0.25, 0.3) is 0 Å². The van der Waals surface area contributed by atoms with E-state index in [1.54, 1.807) is 0 Å². The van der Waals surface area contributed by atoms with Gasteiger partial charge in [0.2, 0.25) is 0 Å². The minimum atomic E-state index is -4.60.